The van der Waals surface area contributed by atoms with Gasteiger partial charge in [0, 0.05) is 30.0 Å². The second-order valence-corrected chi connectivity index (χ2v) is 8.13. The summed E-state index contributed by atoms with van der Waals surface area (Å²) in [6.45, 7) is 2.56. The van der Waals surface area contributed by atoms with Gasteiger partial charge in [-0.25, -0.2) is 4.39 Å². The topological polar surface area (TPSA) is 77.5 Å². The number of carbonyl (C=O) groups excluding carboxylic acids is 1. The van der Waals surface area contributed by atoms with Gasteiger partial charge in [0.1, 0.15) is 5.82 Å². The number of nitro benzene ring substituents is 1. The van der Waals surface area contributed by atoms with Crippen molar-refractivity contribution >= 4 is 44.9 Å². The lowest BCUT2D eigenvalue weighted by atomic mass is 10.3. The van der Waals surface area contributed by atoms with Crippen LogP contribution in [0, 0.1) is 15.9 Å². The van der Waals surface area contributed by atoms with Crippen molar-refractivity contribution in [2.75, 3.05) is 5.75 Å². The Balaban J connectivity index is 1.67. The molecule has 0 N–H and O–H groups in total. The Morgan fingerprint density at radius 3 is 2.71 bits per heavy atom. The molecule has 0 aliphatic carbocycles. The number of nitrogens with zero attached hydrogens (tertiary/aromatic N) is 3. The molecule has 0 fully saturated rings. The van der Waals surface area contributed by atoms with Crippen LogP contribution in [0.25, 0.3) is 10.2 Å². The Hall–Kier alpha value is -2.52. The number of aryl methyl sites for hydroxylation is 1. The number of hydrogen-bond donors (Lipinski definition) is 0. The molecule has 0 bridgehead atoms. The summed E-state index contributed by atoms with van der Waals surface area (Å²) in [5.74, 6) is 0.249. The Kier molecular flexibility index (Phi) is 6.58. The number of fused-ring (bicyclic) bond motifs is 1. The van der Waals surface area contributed by atoms with Crippen LogP contribution in [-0.2, 0) is 11.3 Å². The fourth-order valence-corrected chi connectivity index (χ4v) is 4.67. The van der Waals surface area contributed by atoms with Crippen LogP contribution in [0.2, 0.25) is 0 Å². The summed E-state index contributed by atoms with van der Waals surface area (Å²) in [5.41, 5.74) is 0.851. The molecule has 0 aliphatic rings. The number of nitro groups is 1. The summed E-state index contributed by atoms with van der Waals surface area (Å²) >= 11 is 2.84. The molecule has 1 heterocycles. The molecule has 3 aromatic rings. The van der Waals surface area contributed by atoms with Crippen LogP contribution in [0.15, 0.2) is 52.4 Å². The van der Waals surface area contributed by atoms with E-state index >= 15 is 0 Å². The van der Waals surface area contributed by atoms with Crippen molar-refractivity contribution in [3.63, 3.8) is 0 Å². The first kappa shape index (κ1) is 20.2. The minimum absolute atomic E-state index is 0.0210. The highest BCUT2D eigenvalue weighted by Crippen LogP contribution is 2.23. The van der Waals surface area contributed by atoms with E-state index in [1.54, 1.807) is 30.0 Å². The number of carbonyl (C=O) groups is 1. The average molecular weight is 420 g/mol. The summed E-state index contributed by atoms with van der Waals surface area (Å²) in [6.07, 6.45) is 0.971. The summed E-state index contributed by atoms with van der Waals surface area (Å²) in [6, 6.07) is 10.9. The zero-order chi connectivity index (χ0) is 20.1. The number of rotatable bonds is 7. The van der Waals surface area contributed by atoms with E-state index < -0.39 is 4.92 Å². The van der Waals surface area contributed by atoms with E-state index in [-0.39, 0.29) is 17.4 Å². The van der Waals surface area contributed by atoms with E-state index in [0.717, 1.165) is 20.9 Å². The van der Waals surface area contributed by atoms with Crippen molar-refractivity contribution in [1.82, 2.24) is 4.57 Å². The molecule has 28 heavy (non-hydrogen) atoms. The number of amides is 1. The largest absolute Gasteiger partial charge is 0.317 e. The molecule has 0 radical (unpaired) electrons. The Morgan fingerprint density at radius 1 is 1.29 bits per heavy atom. The van der Waals surface area contributed by atoms with Crippen LogP contribution in [0.4, 0.5) is 10.1 Å². The molecule has 0 saturated carbocycles. The van der Waals surface area contributed by atoms with Crippen molar-refractivity contribution in [2.24, 2.45) is 4.99 Å². The molecular weight excluding hydrogens is 401 g/mol. The highest BCUT2D eigenvalue weighted by Gasteiger charge is 2.12. The van der Waals surface area contributed by atoms with Gasteiger partial charge in [0.2, 0.25) is 5.91 Å². The molecular formula is C19H18FN3O3S2. The van der Waals surface area contributed by atoms with Gasteiger partial charge >= 0.3 is 0 Å². The molecule has 0 atom stereocenters. The summed E-state index contributed by atoms with van der Waals surface area (Å²) in [5, 5.41) is 11.0. The van der Waals surface area contributed by atoms with E-state index in [1.165, 1.54) is 35.6 Å². The van der Waals surface area contributed by atoms with E-state index in [9.17, 15) is 19.3 Å². The van der Waals surface area contributed by atoms with Gasteiger partial charge in [-0.15, -0.1) is 11.8 Å². The number of aromatic nitrogens is 1. The molecule has 3 rings (SSSR count). The van der Waals surface area contributed by atoms with Gasteiger partial charge in [0.15, 0.2) is 4.80 Å². The number of thiazole rings is 1. The van der Waals surface area contributed by atoms with Crippen molar-refractivity contribution in [2.45, 2.75) is 31.2 Å². The van der Waals surface area contributed by atoms with Crippen LogP contribution >= 0.6 is 23.1 Å². The van der Waals surface area contributed by atoms with Crippen LogP contribution in [0.3, 0.4) is 0 Å². The average Bonchev–Trinajstić information content (AvgIpc) is 3.02. The van der Waals surface area contributed by atoms with Gasteiger partial charge in [0.25, 0.3) is 5.69 Å². The summed E-state index contributed by atoms with van der Waals surface area (Å²) < 4.78 is 15.5. The Bertz CT molecular complexity index is 1070. The van der Waals surface area contributed by atoms with Crippen molar-refractivity contribution < 1.29 is 14.1 Å². The van der Waals surface area contributed by atoms with Gasteiger partial charge in [-0.3, -0.25) is 14.9 Å². The van der Waals surface area contributed by atoms with Crippen molar-refractivity contribution in [1.29, 1.82) is 0 Å². The lowest BCUT2D eigenvalue weighted by molar-refractivity contribution is -0.384. The normalized spacial score (nSPS) is 11.9. The molecule has 0 aliphatic heterocycles. The fourth-order valence-electron chi connectivity index (χ4n) is 2.67. The SMILES string of the molecule is CCn1c(=NC(=O)CCCSc2ccc(F)cc2)sc2cc([N+](=O)[O-])ccc21. The van der Waals surface area contributed by atoms with E-state index in [1.807, 2.05) is 11.5 Å². The molecule has 146 valence electrons. The molecule has 2 aromatic carbocycles. The van der Waals surface area contributed by atoms with Crippen molar-refractivity contribution in [3.8, 4) is 0 Å². The molecule has 0 spiro atoms. The highest BCUT2D eigenvalue weighted by atomic mass is 32.2. The van der Waals surface area contributed by atoms with Crippen molar-refractivity contribution in [3.05, 3.63) is 63.2 Å². The van der Waals surface area contributed by atoms with Gasteiger partial charge < -0.3 is 4.57 Å². The molecule has 0 unspecified atom stereocenters. The van der Waals surface area contributed by atoms with Gasteiger partial charge in [0.05, 0.1) is 15.1 Å². The Morgan fingerprint density at radius 2 is 2.04 bits per heavy atom. The third kappa shape index (κ3) is 4.85. The standard InChI is InChI=1S/C19H18FN3O3S2/c1-2-22-16-10-7-14(23(25)26)12-17(16)28-19(22)21-18(24)4-3-11-27-15-8-5-13(20)6-9-15/h5-10,12H,2-4,11H2,1H3. The lowest BCUT2D eigenvalue weighted by Gasteiger charge is -2.01. The smallest absolute Gasteiger partial charge is 0.270 e. The van der Waals surface area contributed by atoms with Crippen LogP contribution in [0.1, 0.15) is 19.8 Å². The quantitative estimate of drug-likeness (QED) is 0.239. The Labute approximate surface area is 168 Å². The van der Waals surface area contributed by atoms with Gasteiger partial charge in [-0.2, -0.15) is 4.99 Å². The number of hydrogen-bond acceptors (Lipinski definition) is 5. The minimum atomic E-state index is -0.434. The highest BCUT2D eigenvalue weighted by molar-refractivity contribution is 7.99. The van der Waals surface area contributed by atoms with Gasteiger partial charge in [-0.1, -0.05) is 11.3 Å². The molecule has 9 heteroatoms. The van der Waals surface area contributed by atoms with E-state index in [2.05, 4.69) is 4.99 Å². The fraction of sp³-hybridized carbons (Fsp3) is 0.263. The minimum Gasteiger partial charge on any atom is -0.317 e. The maximum Gasteiger partial charge on any atom is 0.270 e. The summed E-state index contributed by atoms with van der Waals surface area (Å²) in [4.78, 5) is 28.5. The number of halogens is 1. The summed E-state index contributed by atoms with van der Waals surface area (Å²) in [7, 11) is 0. The van der Waals surface area contributed by atoms with Crippen LogP contribution < -0.4 is 4.80 Å². The number of non-ortho nitro benzene ring substituents is 1. The molecule has 1 aromatic heterocycles. The molecule has 0 saturated heterocycles. The molecule has 1 amide bonds. The number of thioether (sulfide) groups is 1. The van der Waals surface area contributed by atoms with E-state index in [4.69, 9.17) is 0 Å². The first-order chi connectivity index (χ1) is 13.5. The second kappa shape index (κ2) is 9.11. The monoisotopic (exact) mass is 419 g/mol. The first-order valence-corrected chi connectivity index (χ1v) is 10.5. The predicted octanol–water partition coefficient (Wildman–Crippen LogP) is 4.77. The second-order valence-electron chi connectivity index (χ2n) is 5.95. The maximum absolute atomic E-state index is 12.9. The van der Waals surface area contributed by atoms with Crippen LogP contribution in [0.5, 0.6) is 0 Å². The first-order valence-electron chi connectivity index (χ1n) is 8.71. The third-order valence-electron chi connectivity index (χ3n) is 4.03. The predicted molar refractivity (Wildman–Crippen MR) is 109 cm³/mol. The van der Waals surface area contributed by atoms with E-state index in [0.29, 0.717) is 24.2 Å². The maximum atomic E-state index is 12.9. The zero-order valence-corrected chi connectivity index (χ0v) is 16.8. The van der Waals surface area contributed by atoms with Gasteiger partial charge in [-0.05, 0) is 49.4 Å². The van der Waals surface area contributed by atoms with Crippen LogP contribution in [-0.4, -0.2) is 21.2 Å². The molecule has 6 nitrogen and oxygen atoms in total. The number of benzene rings is 2. The zero-order valence-electron chi connectivity index (χ0n) is 15.1. The third-order valence-corrected chi connectivity index (χ3v) is 6.17. The lowest BCUT2D eigenvalue weighted by Crippen LogP contribution is -2.15.